The van der Waals surface area contributed by atoms with Crippen LogP contribution < -0.4 is 11.1 Å². The Morgan fingerprint density at radius 1 is 1.60 bits per heavy atom. The Morgan fingerprint density at radius 3 is 2.93 bits per heavy atom. The number of anilines is 1. The second-order valence-corrected chi connectivity index (χ2v) is 3.63. The van der Waals surface area contributed by atoms with E-state index >= 15 is 0 Å². The molecule has 1 heterocycles. The van der Waals surface area contributed by atoms with Crippen LogP contribution in [0.3, 0.4) is 0 Å². The van der Waals surface area contributed by atoms with Crippen molar-refractivity contribution in [3.05, 3.63) is 23.9 Å². The summed E-state index contributed by atoms with van der Waals surface area (Å²) in [6.45, 7) is 4.27. The molecular weight excluding hydrogens is 190 g/mol. The zero-order valence-corrected chi connectivity index (χ0v) is 9.16. The predicted octanol–water partition coefficient (Wildman–Crippen LogP) is 1.31. The molecular formula is C11H17N3O. The van der Waals surface area contributed by atoms with E-state index in [0.717, 1.165) is 5.69 Å². The first-order chi connectivity index (χ1) is 7.13. The fourth-order valence-corrected chi connectivity index (χ4v) is 1.24. The smallest absolute Gasteiger partial charge is 0.228 e. The van der Waals surface area contributed by atoms with Crippen LogP contribution in [0.1, 0.15) is 19.0 Å². The molecule has 1 rings (SSSR count). The molecule has 0 fully saturated rings. The number of nitrogens with one attached hydrogen (secondary N) is 1. The topological polar surface area (TPSA) is 68.0 Å². The molecule has 1 amide bonds. The van der Waals surface area contributed by atoms with Gasteiger partial charge in [0.1, 0.15) is 5.82 Å². The molecule has 4 heteroatoms. The van der Waals surface area contributed by atoms with E-state index in [1.54, 1.807) is 6.07 Å². The van der Waals surface area contributed by atoms with Crippen molar-refractivity contribution in [1.29, 1.82) is 0 Å². The first-order valence-corrected chi connectivity index (χ1v) is 5.08. The van der Waals surface area contributed by atoms with Gasteiger partial charge >= 0.3 is 0 Å². The van der Waals surface area contributed by atoms with Gasteiger partial charge in [0.25, 0.3) is 0 Å². The first-order valence-electron chi connectivity index (χ1n) is 5.08. The summed E-state index contributed by atoms with van der Waals surface area (Å²) in [6.07, 6.45) is 0.692. The summed E-state index contributed by atoms with van der Waals surface area (Å²) in [7, 11) is 0. The molecule has 4 nitrogen and oxygen atoms in total. The number of aromatic nitrogens is 1. The zero-order chi connectivity index (χ0) is 11.3. The van der Waals surface area contributed by atoms with Gasteiger partial charge in [0.2, 0.25) is 5.91 Å². The second-order valence-electron chi connectivity index (χ2n) is 3.63. The van der Waals surface area contributed by atoms with E-state index < -0.39 is 0 Å². The van der Waals surface area contributed by atoms with Gasteiger partial charge < -0.3 is 11.1 Å². The molecule has 0 aromatic carbocycles. The highest BCUT2D eigenvalue weighted by molar-refractivity contribution is 5.91. The number of amides is 1. The van der Waals surface area contributed by atoms with Crippen LogP contribution in [-0.2, 0) is 4.79 Å². The Kier molecular flexibility index (Phi) is 4.24. The minimum absolute atomic E-state index is 0.0291. The maximum atomic E-state index is 11.6. The lowest BCUT2D eigenvalue weighted by Gasteiger charge is -2.10. The summed E-state index contributed by atoms with van der Waals surface area (Å²) < 4.78 is 0. The normalized spacial score (nSPS) is 12.2. The number of nitrogens with two attached hydrogens (primary N) is 1. The number of hydrogen-bond acceptors (Lipinski definition) is 3. The zero-order valence-electron chi connectivity index (χ0n) is 9.16. The minimum atomic E-state index is -0.0719. The molecule has 0 aliphatic carbocycles. The third-order valence-corrected chi connectivity index (χ3v) is 2.19. The lowest BCUT2D eigenvalue weighted by molar-refractivity contribution is -0.119. The summed E-state index contributed by atoms with van der Waals surface area (Å²) in [5.74, 6) is 0.500. The van der Waals surface area contributed by atoms with Gasteiger partial charge in [-0.15, -0.1) is 0 Å². The molecule has 0 radical (unpaired) electrons. The molecule has 0 spiro atoms. The highest BCUT2D eigenvalue weighted by Gasteiger charge is 2.12. The molecule has 1 atom stereocenters. The van der Waals surface area contributed by atoms with E-state index in [1.807, 2.05) is 26.0 Å². The summed E-state index contributed by atoms with van der Waals surface area (Å²) in [4.78, 5) is 15.8. The first kappa shape index (κ1) is 11.7. The van der Waals surface area contributed by atoms with Crippen molar-refractivity contribution >= 4 is 11.7 Å². The van der Waals surface area contributed by atoms with E-state index in [0.29, 0.717) is 18.8 Å². The largest absolute Gasteiger partial charge is 0.330 e. The van der Waals surface area contributed by atoms with Gasteiger partial charge in [0.05, 0.1) is 0 Å². The number of hydrogen-bond donors (Lipinski definition) is 2. The van der Waals surface area contributed by atoms with E-state index in [-0.39, 0.29) is 11.8 Å². The van der Waals surface area contributed by atoms with Gasteiger partial charge in [-0.2, -0.15) is 0 Å². The lowest BCUT2D eigenvalue weighted by atomic mass is 10.1. The number of carbonyl (C=O) groups excluding carboxylic acids is 1. The molecule has 0 aliphatic heterocycles. The molecule has 0 bridgehead atoms. The molecule has 0 saturated carbocycles. The highest BCUT2D eigenvalue weighted by Crippen LogP contribution is 2.08. The van der Waals surface area contributed by atoms with Crippen LogP contribution in [0.5, 0.6) is 0 Å². The van der Waals surface area contributed by atoms with Crippen LogP contribution in [-0.4, -0.2) is 17.4 Å². The van der Waals surface area contributed by atoms with Gasteiger partial charge in [-0.1, -0.05) is 13.0 Å². The Labute approximate surface area is 89.9 Å². The van der Waals surface area contributed by atoms with E-state index in [4.69, 9.17) is 5.73 Å². The van der Waals surface area contributed by atoms with Crippen LogP contribution in [0.2, 0.25) is 0 Å². The fraction of sp³-hybridized carbons (Fsp3) is 0.455. The molecule has 0 saturated heterocycles. The van der Waals surface area contributed by atoms with E-state index in [9.17, 15) is 4.79 Å². The van der Waals surface area contributed by atoms with Crippen molar-refractivity contribution in [2.75, 3.05) is 11.9 Å². The Balaban J connectivity index is 2.58. The average molecular weight is 207 g/mol. The van der Waals surface area contributed by atoms with Crippen LogP contribution in [0.15, 0.2) is 18.2 Å². The average Bonchev–Trinajstić information content (AvgIpc) is 2.18. The van der Waals surface area contributed by atoms with Gasteiger partial charge in [-0.3, -0.25) is 4.79 Å². The second kappa shape index (κ2) is 5.46. The molecule has 3 N–H and O–H groups in total. The lowest BCUT2D eigenvalue weighted by Crippen LogP contribution is -2.23. The number of rotatable bonds is 4. The van der Waals surface area contributed by atoms with Crippen molar-refractivity contribution in [3.63, 3.8) is 0 Å². The van der Waals surface area contributed by atoms with Crippen LogP contribution in [0, 0.1) is 12.8 Å². The molecule has 0 aliphatic rings. The monoisotopic (exact) mass is 207 g/mol. The third kappa shape index (κ3) is 3.67. The number of aryl methyl sites for hydroxylation is 1. The SMILES string of the molecule is Cc1cccc(NC(=O)C(C)CCN)n1. The molecule has 1 aromatic heterocycles. The molecule has 82 valence electrons. The maximum Gasteiger partial charge on any atom is 0.228 e. The summed E-state index contributed by atoms with van der Waals surface area (Å²) in [5.41, 5.74) is 6.28. The third-order valence-electron chi connectivity index (χ3n) is 2.19. The van der Waals surface area contributed by atoms with Gasteiger partial charge in [-0.25, -0.2) is 4.98 Å². The molecule has 1 unspecified atom stereocenters. The predicted molar refractivity (Wildman–Crippen MR) is 60.4 cm³/mol. The summed E-state index contributed by atoms with van der Waals surface area (Å²) >= 11 is 0. The number of pyridine rings is 1. The van der Waals surface area contributed by atoms with Crippen molar-refractivity contribution in [2.24, 2.45) is 11.7 Å². The Hall–Kier alpha value is -1.42. The van der Waals surface area contributed by atoms with Gasteiger partial charge in [0, 0.05) is 11.6 Å². The van der Waals surface area contributed by atoms with Crippen LogP contribution in [0.25, 0.3) is 0 Å². The van der Waals surface area contributed by atoms with Crippen LogP contribution >= 0.6 is 0 Å². The van der Waals surface area contributed by atoms with Crippen molar-refractivity contribution in [1.82, 2.24) is 4.98 Å². The molecule has 1 aromatic rings. The standard InChI is InChI=1S/C11H17N3O/c1-8(6-7-12)11(15)14-10-5-3-4-9(2)13-10/h3-5,8H,6-7,12H2,1-2H3,(H,13,14,15). The quantitative estimate of drug-likeness (QED) is 0.782. The highest BCUT2D eigenvalue weighted by atomic mass is 16.1. The van der Waals surface area contributed by atoms with E-state index in [1.165, 1.54) is 0 Å². The Morgan fingerprint density at radius 2 is 2.33 bits per heavy atom. The molecule has 15 heavy (non-hydrogen) atoms. The fourth-order valence-electron chi connectivity index (χ4n) is 1.24. The summed E-state index contributed by atoms with van der Waals surface area (Å²) in [5, 5.41) is 2.76. The Bertz CT molecular complexity index is 338. The summed E-state index contributed by atoms with van der Waals surface area (Å²) in [6, 6.07) is 5.53. The van der Waals surface area contributed by atoms with Gasteiger partial charge in [0.15, 0.2) is 0 Å². The van der Waals surface area contributed by atoms with E-state index in [2.05, 4.69) is 10.3 Å². The van der Waals surface area contributed by atoms with Crippen molar-refractivity contribution in [3.8, 4) is 0 Å². The van der Waals surface area contributed by atoms with Gasteiger partial charge in [-0.05, 0) is 32.0 Å². The van der Waals surface area contributed by atoms with Crippen LogP contribution in [0.4, 0.5) is 5.82 Å². The maximum absolute atomic E-state index is 11.6. The number of nitrogens with zero attached hydrogens (tertiary/aromatic N) is 1. The van der Waals surface area contributed by atoms with Crippen molar-refractivity contribution in [2.45, 2.75) is 20.3 Å². The van der Waals surface area contributed by atoms with Crippen molar-refractivity contribution < 1.29 is 4.79 Å². The minimum Gasteiger partial charge on any atom is -0.330 e. The number of carbonyl (C=O) groups is 1.